The summed E-state index contributed by atoms with van der Waals surface area (Å²) in [5, 5.41) is 11.0. The van der Waals surface area contributed by atoms with Crippen molar-refractivity contribution in [3.63, 3.8) is 0 Å². The molecule has 0 saturated carbocycles. The number of primary sulfonamides is 1. The molecule has 110 valence electrons. The van der Waals surface area contributed by atoms with Crippen molar-refractivity contribution in [1.82, 2.24) is 5.32 Å². The molecule has 20 heavy (non-hydrogen) atoms. The largest absolute Gasteiger partial charge is 0.325 e. The molecule has 8 heteroatoms. The van der Waals surface area contributed by atoms with Gasteiger partial charge in [-0.25, -0.2) is 13.6 Å². The second-order valence-electron chi connectivity index (χ2n) is 4.52. The maximum atomic E-state index is 12.0. The van der Waals surface area contributed by atoms with Crippen LogP contribution in [0.3, 0.4) is 0 Å². The summed E-state index contributed by atoms with van der Waals surface area (Å²) < 4.78 is 22.9. The Morgan fingerprint density at radius 1 is 1.45 bits per heavy atom. The topological polar surface area (TPSA) is 101 Å². The molecule has 0 radical (unpaired) electrons. The van der Waals surface area contributed by atoms with Gasteiger partial charge in [0.25, 0.3) is 0 Å². The predicted octanol–water partition coefficient (Wildman–Crippen LogP) is 0.368. The minimum absolute atomic E-state index is 0.0701. The molecule has 1 amide bonds. The smallest absolute Gasteiger partial charge is 0.240 e. The molecule has 0 aromatic heterocycles. The third kappa shape index (κ3) is 4.20. The van der Waals surface area contributed by atoms with E-state index >= 15 is 0 Å². The normalized spacial score (nSPS) is 19.6. The van der Waals surface area contributed by atoms with Crippen LogP contribution in [0.25, 0.3) is 0 Å². The number of benzene rings is 1. The summed E-state index contributed by atoms with van der Waals surface area (Å²) in [5.41, 5.74) is 0.225. The minimum atomic E-state index is -3.85. The molecule has 1 unspecified atom stereocenters. The molecule has 0 bridgehead atoms. The quantitative estimate of drug-likeness (QED) is 0.745. The van der Waals surface area contributed by atoms with Crippen molar-refractivity contribution in [2.24, 2.45) is 5.14 Å². The highest BCUT2D eigenvalue weighted by atomic mass is 32.2. The third-order valence-electron chi connectivity index (χ3n) is 2.90. The van der Waals surface area contributed by atoms with E-state index in [2.05, 4.69) is 10.6 Å². The molecule has 1 saturated heterocycles. The Labute approximate surface area is 122 Å². The summed E-state index contributed by atoms with van der Waals surface area (Å²) in [5.74, 6) is 1.71. The third-order valence-corrected chi connectivity index (χ3v) is 5.00. The first-order valence-electron chi connectivity index (χ1n) is 6.19. The molecule has 1 aromatic rings. The van der Waals surface area contributed by atoms with E-state index in [1.54, 1.807) is 23.9 Å². The monoisotopic (exact) mass is 315 g/mol. The Kier molecular flexibility index (Phi) is 5.03. The Bertz CT molecular complexity index is 583. The number of anilines is 1. The van der Waals surface area contributed by atoms with Crippen molar-refractivity contribution in [2.45, 2.75) is 17.4 Å². The van der Waals surface area contributed by atoms with Crippen LogP contribution in [0.4, 0.5) is 5.69 Å². The SMILES string of the molecule is NS(=O)(=O)c1ccccc1NC(=O)CC1CSCCN1. The van der Waals surface area contributed by atoms with Gasteiger partial charge >= 0.3 is 0 Å². The first-order valence-corrected chi connectivity index (χ1v) is 8.90. The fourth-order valence-electron chi connectivity index (χ4n) is 1.99. The Morgan fingerprint density at radius 3 is 2.85 bits per heavy atom. The average Bonchev–Trinajstić information content (AvgIpc) is 2.39. The molecule has 2 rings (SSSR count). The lowest BCUT2D eigenvalue weighted by atomic mass is 10.2. The highest BCUT2D eigenvalue weighted by Crippen LogP contribution is 2.20. The van der Waals surface area contributed by atoms with E-state index in [9.17, 15) is 13.2 Å². The van der Waals surface area contributed by atoms with Gasteiger partial charge in [0.1, 0.15) is 4.90 Å². The van der Waals surface area contributed by atoms with E-state index in [1.165, 1.54) is 12.1 Å². The van der Waals surface area contributed by atoms with E-state index in [0.29, 0.717) is 6.42 Å². The molecule has 1 fully saturated rings. The number of amides is 1. The zero-order chi connectivity index (χ0) is 14.6. The molecule has 4 N–H and O–H groups in total. The average molecular weight is 315 g/mol. The van der Waals surface area contributed by atoms with Crippen molar-refractivity contribution in [3.8, 4) is 0 Å². The van der Waals surface area contributed by atoms with Crippen LogP contribution < -0.4 is 15.8 Å². The number of carbonyl (C=O) groups excluding carboxylic acids is 1. The van der Waals surface area contributed by atoms with Crippen LogP contribution in [-0.2, 0) is 14.8 Å². The van der Waals surface area contributed by atoms with E-state index in [-0.39, 0.29) is 22.5 Å². The van der Waals surface area contributed by atoms with Gasteiger partial charge in [-0.1, -0.05) is 12.1 Å². The van der Waals surface area contributed by atoms with Crippen molar-refractivity contribution in [2.75, 3.05) is 23.4 Å². The van der Waals surface area contributed by atoms with Crippen molar-refractivity contribution in [1.29, 1.82) is 0 Å². The maximum Gasteiger partial charge on any atom is 0.240 e. The molecule has 0 spiro atoms. The summed E-state index contributed by atoms with van der Waals surface area (Å²) in [6.45, 7) is 0.885. The summed E-state index contributed by atoms with van der Waals surface area (Å²) in [7, 11) is -3.85. The molecule has 1 aliphatic heterocycles. The number of nitrogens with one attached hydrogen (secondary N) is 2. The van der Waals surface area contributed by atoms with Gasteiger partial charge in [-0.3, -0.25) is 4.79 Å². The highest BCUT2D eigenvalue weighted by molar-refractivity contribution is 7.99. The van der Waals surface area contributed by atoms with Crippen LogP contribution in [0, 0.1) is 0 Å². The number of sulfonamides is 1. The van der Waals surface area contributed by atoms with E-state index < -0.39 is 10.0 Å². The van der Waals surface area contributed by atoms with Crippen LogP contribution in [0.5, 0.6) is 0 Å². The van der Waals surface area contributed by atoms with Gasteiger partial charge in [-0.15, -0.1) is 0 Å². The van der Waals surface area contributed by atoms with E-state index in [4.69, 9.17) is 5.14 Å². The van der Waals surface area contributed by atoms with Crippen LogP contribution in [0.15, 0.2) is 29.2 Å². The number of hydrogen-bond donors (Lipinski definition) is 3. The fraction of sp³-hybridized carbons (Fsp3) is 0.417. The Balaban J connectivity index is 2.04. The van der Waals surface area contributed by atoms with Crippen LogP contribution in [0.1, 0.15) is 6.42 Å². The van der Waals surface area contributed by atoms with Gasteiger partial charge in [0.05, 0.1) is 5.69 Å². The number of hydrogen-bond acceptors (Lipinski definition) is 5. The second kappa shape index (κ2) is 6.57. The van der Waals surface area contributed by atoms with Gasteiger partial charge in [0, 0.05) is 30.5 Å². The molecule has 1 aromatic carbocycles. The highest BCUT2D eigenvalue weighted by Gasteiger charge is 2.19. The van der Waals surface area contributed by atoms with E-state index in [0.717, 1.165) is 18.1 Å². The lowest BCUT2D eigenvalue weighted by molar-refractivity contribution is -0.116. The molecule has 0 aliphatic carbocycles. The second-order valence-corrected chi connectivity index (χ2v) is 7.20. The van der Waals surface area contributed by atoms with Crippen molar-refractivity contribution in [3.05, 3.63) is 24.3 Å². The molecular formula is C12H17N3O3S2. The Morgan fingerprint density at radius 2 is 2.20 bits per heavy atom. The molecule has 1 heterocycles. The lowest BCUT2D eigenvalue weighted by Crippen LogP contribution is -2.40. The summed E-state index contributed by atoms with van der Waals surface area (Å²) >= 11 is 1.80. The lowest BCUT2D eigenvalue weighted by Gasteiger charge is -2.22. The van der Waals surface area contributed by atoms with Crippen LogP contribution in [0.2, 0.25) is 0 Å². The summed E-state index contributed by atoms with van der Waals surface area (Å²) in [6.07, 6.45) is 0.311. The molecule has 1 aliphatic rings. The number of nitrogens with two attached hydrogens (primary N) is 1. The number of rotatable bonds is 4. The standard InChI is InChI=1S/C12H17N3O3S2/c13-20(17,18)11-4-2-1-3-10(11)15-12(16)7-9-8-19-6-5-14-9/h1-4,9,14H,5-8H2,(H,15,16)(H2,13,17,18). The number of thioether (sulfide) groups is 1. The zero-order valence-electron chi connectivity index (χ0n) is 10.8. The minimum Gasteiger partial charge on any atom is -0.325 e. The first kappa shape index (κ1) is 15.3. The molecule has 6 nitrogen and oxygen atoms in total. The maximum absolute atomic E-state index is 12.0. The van der Waals surface area contributed by atoms with Gasteiger partial charge in [0.15, 0.2) is 0 Å². The number of para-hydroxylation sites is 1. The summed E-state index contributed by atoms with van der Waals surface area (Å²) in [6, 6.07) is 6.24. The summed E-state index contributed by atoms with van der Waals surface area (Å²) in [4.78, 5) is 11.9. The predicted molar refractivity (Wildman–Crippen MR) is 80.2 cm³/mol. The van der Waals surface area contributed by atoms with Crippen LogP contribution in [-0.4, -0.2) is 38.4 Å². The Hall–Kier alpha value is -1.09. The molecule has 1 atom stereocenters. The first-order chi connectivity index (χ1) is 9.47. The van der Waals surface area contributed by atoms with Gasteiger partial charge < -0.3 is 10.6 Å². The van der Waals surface area contributed by atoms with Gasteiger partial charge in [-0.05, 0) is 12.1 Å². The molecular weight excluding hydrogens is 298 g/mol. The van der Waals surface area contributed by atoms with Crippen molar-refractivity contribution >= 4 is 33.4 Å². The van der Waals surface area contributed by atoms with E-state index in [1.807, 2.05) is 0 Å². The van der Waals surface area contributed by atoms with Crippen molar-refractivity contribution < 1.29 is 13.2 Å². The van der Waals surface area contributed by atoms with Gasteiger partial charge in [0.2, 0.25) is 15.9 Å². The number of carbonyl (C=O) groups is 1. The van der Waals surface area contributed by atoms with Gasteiger partial charge in [-0.2, -0.15) is 11.8 Å². The van der Waals surface area contributed by atoms with Crippen LogP contribution >= 0.6 is 11.8 Å². The fourth-order valence-corrected chi connectivity index (χ4v) is 3.64. The zero-order valence-corrected chi connectivity index (χ0v) is 12.5.